The average molecular weight is 308 g/mol. The Morgan fingerprint density at radius 3 is 2.81 bits per heavy atom. The van der Waals surface area contributed by atoms with E-state index < -0.39 is 10.0 Å². The second-order valence-corrected chi connectivity index (χ2v) is 7.07. The summed E-state index contributed by atoms with van der Waals surface area (Å²) in [4.78, 5) is 4.04. The highest BCUT2D eigenvalue weighted by Gasteiger charge is 2.27. The van der Waals surface area contributed by atoms with E-state index in [1.54, 1.807) is 12.1 Å². The van der Waals surface area contributed by atoms with E-state index in [2.05, 4.69) is 21.5 Å². The smallest absolute Gasteiger partial charge is 0.236 e. The van der Waals surface area contributed by atoms with Gasteiger partial charge in [0.2, 0.25) is 10.0 Å². The number of hydrogen-bond acceptors (Lipinski definition) is 4. The molecule has 1 fully saturated rings. The summed E-state index contributed by atoms with van der Waals surface area (Å²) in [6, 6.07) is 3.33. The standard InChI is InChI=1S/C15H20N2O3S/c18-11-5-4-6-13-9-10-16-15(12-13)17-21(19,20)14-7-2-1-3-8-14/h9-10,12,14,18H,1-3,5,7-8,11H2,(H,16,17). The van der Waals surface area contributed by atoms with E-state index in [9.17, 15) is 8.42 Å². The van der Waals surface area contributed by atoms with Gasteiger partial charge < -0.3 is 5.11 Å². The largest absolute Gasteiger partial charge is 0.395 e. The van der Waals surface area contributed by atoms with E-state index in [1.807, 2.05) is 0 Å². The molecule has 1 aromatic rings. The first-order valence-corrected chi connectivity index (χ1v) is 8.74. The molecule has 5 nitrogen and oxygen atoms in total. The molecule has 0 atom stereocenters. The molecule has 114 valence electrons. The molecular formula is C15H20N2O3S. The van der Waals surface area contributed by atoms with Gasteiger partial charge in [-0.25, -0.2) is 13.4 Å². The first-order valence-electron chi connectivity index (χ1n) is 7.19. The molecule has 0 aromatic carbocycles. The summed E-state index contributed by atoms with van der Waals surface area (Å²) in [5.74, 6) is 5.97. The van der Waals surface area contributed by atoms with Crippen LogP contribution in [0.25, 0.3) is 0 Å². The number of aliphatic hydroxyl groups excluding tert-OH is 1. The molecule has 0 aliphatic heterocycles. The van der Waals surface area contributed by atoms with Crippen LogP contribution in [0, 0.1) is 11.8 Å². The zero-order valence-electron chi connectivity index (χ0n) is 11.9. The van der Waals surface area contributed by atoms with Crippen molar-refractivity contribution in [3.8, 4) is 11.8 Å². The summed E-state index contributed by atoms with van der Waals surface area (Å²) >= 11 is 0. The van der Waals surface area contributed by atoms with Crippen molar-refractivity contribution in [1.82, 2.24) is 4.98 Å². The minimum Gasteiger partial charge on any atom is -0.395 e. The van der Waals surface area contributed by atoms with E-state index >= 15 is 0 Å². The molecule has 0 unspecified atom stereocenters. The number of rotatable bonds is 4. The van der Waals surface area contributed by atoms with Crippen molar-refractivity contribution in [2.45, 2.75) is 43.8 Å². The van der Waals surface area contributed by atoms with E-state index in [0.29, 0.717) is 30.6 Å². The third kappa shape index (κ3) is 4.73. The lowest BCUT2D eigenvalue weighted by Crippen LogP contribution is -2.30. The van der Waals surface area contributed by atoms with Crippen LogP contribution < -0.4 is 4.72 Å². The van der Waals surface area contributed by atoms with Crippen LogP contribution in [0.1, 0.15) is 44.1 Å². The maximum absolute atomic E-state index is 12.3. The van der Waals surface area contributed by atoms with E-state index in [4.69, 9.17) is 5.11 Å². The van der Waals surface area contributed by atoms with Crippen molar-refractivity contribution in [3.63, 3.8) is 0 Å². The normalized spacial score (nSPS) is 16.0. The highest BCUT2D eigenvalue weighted by atomic mass is 32.2. The van der Waals surface area contributed by atoms with Crippen molar-refractivity contribution >= 4 is 15.8 Å². The Hall–Kier alpha value is -1.58. The van der Waals surface area contributed by atoms with Gasteiger partial charge in [-0.05, 0) is 25.0 Å². The second kappa shape index (κ2) is 7.43. The number of aromatic nitrogens is 1. The highest BCUT2D eigenvalue weighted by molar-refractivity contribution is 7.93. The molecule has 2 N–H and O–H groups in total. The van der Waals surface area contributed by atoms with Crippen LogP contribution >= 0.6 is 0 Å². The average Bonchev–Trinajstić information content (AvgIpc) is 2.48. The van der Waals surface area contributed by atoms with E-state index in [0.717, 1.165) is 19.3 Å². The van der Waals surface area contributed by atoms with Crippen molar-refractivity contribution in [2.24, 2.45) is 0 Å². The third-order valence-corrected chi connectivity index (χ3v) is 5.31. The van der Waals surface area contributed by atoms with Crippen LogP contribution in [0.4, 0.5) is 5.82 Å². The minimum absolute atomic E-state index is 0.0131. The Balaban J connectivity index is 2.08. The van der Waals surface area contributed by atoms with Crippen molar-refractivity contribution < 1.29 is 13.5 Å². The number of anilines is 1. The summed E-state index contributed by atoms with van der Waals surface area (Å²) < 4.78 is 27.2. The third-order valence-electron chi connectivity index (χ3n) is 3.47. The van der Waals surface area contributed by atoms with Crippen LogP contribution in [-0.2, 0) is 10.0 Å². The molecule has 1 aliphatic carbocycles. The first kappa shape index (κ1) is 15.8. The highest BCUT2D eigenvalue weighted by Crippen LogP contribution is 2.24. The number of aliphatic hydroxyl groups is 1. The lowest BCUT2D eigenvalue weighted by Gasteiger charge is -2.22. The monoisotopic (exact) mass is 308 g/mol. The number of pyridine rings is 1. The Bertz CT molecular complexity index is 626. The Labute approximate surface area is 125 Å². The van der Waals surface area contributed by atoms with Crippen LogP contribution in [0.5, 0.6) is 0 Å². The molecule has 1 aromatic heterocycles. The van der Waals surface area contributed by atoms with Gasteiger partial charge in [0.25, 0.3) is 0 Å². The predicted molar refractivity (Wildman–Crippen MR) is 82.2 cm³/mol. The molecule has 0 radical (unpaired) electrons. The van der Waals surface area contributed by atoms with Gasteiger partial charge in [0.15, 0.2) is 0 Å². The molecule has 0 spiro atoms. The Morgan fingerprint density at radius 1 is 1.33 bits per heavy atom. The fourth-order valence-corrected chi connectivity index (χ4v) is 3.91. The second-order valence-electron chi connectivity index (χ2n) is 5.11. The summed E-state index contributed by atoms with van der Waals surface area (Å²) in [5.41, 5.74) is 0.680. The summed E-state index contributed by atoms with van der Waals surface area (Å²) in [7, 11) is -3.38. The number of sulfonamides is 1. The van der Waals surface area contributed by atoms with Gasteiger partial charge in [0.1, 0.15) is 5.82 Å². The quantitative estimate of drug-likeness (QED) is 0.833. The zero-order valence-corrected chi connectivity index (χ0v) is 12.7. The maximum Gasteiger partial charge on any atom is 0.236 e. The summed E-state index contributed by atoms with van der Waals surface area (Å²) in [6.45, 7) is 0.0131. The maximum atomic E-state index is 12.3. The van der Waals surface area contributed by atoms with Gasteiger partial charge in [-0.1, -0.05) is 31.1 Å². The van der Waals surface area contributed by atoms with E-state index in [-0.39, 0.29) is 11.9 Å². The molecule has 6 heteroatoms. The first-order chi connectivity index (χ1) is 10.1. The van der Waals surface area contributed by atoms with Crippen molar-refractivity contribution in [2.75, 3.05) is 11.3 Å². The minimum atomic E-state index is -3.38. The fraction of sp³-hybridized carbons (Fsp3) is 0.533. The van der Waals surface area contributed by atoms with Crippen LogP contribution in [0.2, 0.25) is 0 Å². The number of hydrogen-bond donors (Lipinski definition) is 2. The van der Waals surface area contributed by atoms with Crippen molar-refractivity contribution in [1.29, 1.82) is 0 Å². The van der Waals surface area contributed by atoms with Gasteiger partial charge in [-0.3, -0.25) is 4.72 Å². The molecule has 1 saturated carbocycles. The lowest BCUT2D eigenvalue weighted by molar-refractivity contribution is 0.305. The van der Waals surface area contributed by atoms with Crippen LogP contribution in [0.3, 0.4) is 0 Å². The topological polar surface area (TPSA) is 79.3 Å². The molecule has 0 bridgehead atoms. The van der Waals surface area contributed by atoms with Gasteiger partial charge in [-0.15, -0.1) is 0 Å². The molecule has 21 heavy (non-hydrogen) atoms. The summed E-state index contributed by atoms with van der Waals surface area (Å²) in [5, 5.41) is 8.37. The van der Waals surface area contributed by atoms with E-state index in [1.165, 1.54) is 6.20 Å². The predicted octanol–water partition coefficient (Wildman–Crippen LogP) is 1.89. The molecule has 2 rings (SSSR count). The summed E-state index contributed by atoms with van der Waals surface area (Å²) in [6.07, 6.45) is 6.39. The molecular weight excluding hydrogens is 288 g/mol. The van der Waals surface area contributed by atoms with Gasteiger partial charge in [0.05, 0.1) is 11.9 Å². The molecule has 1 aliphatic rings. The van der Waals surface area contributed by atoms with Crippen LogP contribution in [0.15, 0.2) is 18.3 Å². The van der Waals surface area contributed by atoms with Gasteiger partial charge >= 0.3 is 0 Å². The zero-order chi connectivity index (χ0) is 15.1. The Morgan fingerprint density at radius 2 is 2.10 bits per heavy atom. The van der Waals surface area contributed by atoms with Crippen molar-refractivity contribution in [3.05, 3.63) is 23.9 Å². The van der Waals surface area contributed by atoms with Gasteiger partial charge in [-0.2, -0.15) is 0 Å². The number of nitrogens with one attached hydrogen (secondary N) is 1. The SMILES string of the molecule is O=S(=O)(Nc1cc(C#CCCO)ccn1)C1CCCCC1. The van der Waals surface area contributed by atoms with Crippen LogP contribution in [-0.4, -0.2) is 30.4 Å². The van der Waals surface area contributed by atoms with Gasteiger partial charge in [0, 0.05) is 18.2 Å². The molecule has 0 amide bonds. The lowest BCUT2D eigenvalue weighted by atomic mass is 10.0. The molecule has 1 heterocycles. The fourth-order valence-electron chi connectivity index (χ4n) is 2.39. The Kier molecular flexibility index (Phi) is 5.59. The molecule has 0 saturated heterocycles. The number of nitrogens with zero attached hydrogens (tertiary/aromatic N) is 1.